The lowest BCUT2D eigenvalue weighted by atomic mass is 9.97. The van der Waals surface area contributed by atoms with Crippen LogP contribution in [0.15, 0.2) is 36.4 Å². The Morgan fingerprint density at radius 3 is 2.44 bits per heavy atom. The van der Waals surface area contributed by atoms with Crippen molar-refractivity contribution in [2.45, 2.75) is 27.2 Å². The van der Waals surface area contributed by atoms with E-state index in [9.17, 15) is 0 Å². The van der Waals surface area contributed by atoms with Crippen LogP contribution >= 0.6 is 11.3 Å². The van der Waals surface area contributed by atoms with E-state index in [-0.39, 0.29) is 0 Å². The minimum absolute atomic E-state index is 0.710. The average Bonchev–Trinajstić information content (AvgIpc) is 2.65. The van der Waals surface area contributed by atoms with Crippen molar-refractivity contribution in [3.05, 3.63) is 46.8 Å². The predicted octanol–water partition coefficient (Wildman–Crippen LogP) is 4.92. The normalized spacial score (nSPS) is 11.0. The van der Waals surface area contributed by atoms with Crippen LogP contribution in [0.5, 0.6) is 0 Å². The van der Waals surface area contributed by atoms with Gasteiger partial charge in [-0.3, -0.25) is 0 Å². The fraction of sp³-hybridized carbons (Fsp3) is 0.333. The summed E-state index contributed by atoms with van der Waals surface area (Å²) in [6.07, 6.45) is 1.16. The molecule has 0 unspecified atom stereocenters. The van der Waals surface area contributed by atoms with Crippen LogP contribution in [-0.2, 0) is 6.42 Å². The first kappa shape index (κ1) is 11.4. The lowest BCUT2D eigenvalue weighted by Crippen LogP contribution is -1.95. The molecule has 0 radical (unpaired) electrons. The summed E-state index contributed by atoms with van der Waals surface area (Å²) in [6.45, 7) is 6.71. The zero-order chi connectivity index (χ0) is 11.5. The summed E-state index contributed by atoms with van der Waals surface area (Å²) in [5, 5.41) is 0. The van der Waals surface area contributed by atoms with E-state index in [0.717, 1.165) is 6.42 Å². The Bertz CT molecular complexity index is 466. The van der Waals surface area contributed by atoms with Crippen molar-refractivity contribution in [3.8, 4) is 10.4 Å². The number of benzene rings is 1. The third kappa shape index (κ3) is 2.53. The molecule has 1 aromatic carbocycles. The van der Waals surface area contributed by atoms with Crippen molar-refractivity contribution in [2.24, 2.45) is 5.92 Å². The van der Waals surface area contributed by atoms with Gasteiger partial charge in [0.2, 0.25) is 0 Å². The first-order chi connectivity index (χ1) is 7.66. The molecule has 0 saturated carbocycles. The maximum atomic E-state index is 2.27. The van der Waals surface area contributed by atoms with Crippen molar-refractivity contribution < 1.29 is 0 Å². The van der Waals surface area contributed by atoms with Gasteiger partial charge in [-0.05, 0) is 42.5 Å². The van der Waals surface area contributed by atoms with Gasteiger partial charge >= 0.3 is 0 Å². The maximum Gasteiger partial charge on any atom is 0.0348 e. The molecule has 0 saturated heterocycles. The molecule has 0 N–H and O–H groups in total. The highest BCUT2D eigenvalue weighted by molar-refractivity contribution is 7.15. The van der Waals surface area contributed by atoms with Crippen LogP contribution in [-0.4, -0.2) is 0 Å². The van der Waals surface area contributed by atoms with Gasteiger partial charge in [0, 0.05) is 9.75 Å². The second kappa shape index (κ2) is 4.84. The molecule has 1 heteroatoms. The highest BCUT2D eigenvalue weighted by Crippen LogP contribution is 2.31. The molecule has 1 heterocycles. The van der Waals surface area contributed by atoms with Crippen LogP contribution in [0.1, 0.15) is 24.3 Å². The summed E-state index contributed by atoms with van der Waals surface area (Å²) in [5.41, 5.74) is 2.88. The molecule has 1 aromatic heterocycles. The summed E-state index contributed by atoms with van der Waals surface area (Å²) in [7, 11) is 0. The average molecular weight is 230 g/mol. The molecule has 0 nitrogen and oxygen atoms in total. The summed E-state index contributed by atoms with van der Waals surface area (Å²) in [5.74, 6) is 0.710. The number of hydrogen-bond donors (Lipinski definition) is 0. The summed E-state index contributed by atoms with van der Waals surface area (Å²) >= 11 is 1.88. The fourth-order valence-corrected chi connectivity index (χ4v) is 2.89. The smallest absolute Gasteiger partial charge is 0.0348 e. The summed E-state index contributed by atoms with van der Waals surface area (Å²) in [4.78, 5) is 2.78. The van der Waals surface area contributed by atoms with Crippen molar-refractivity contribution in [2.75, 3.05) is 0 Å². The van der Waals surface area contributed by atoms with Gasteiger partial charge in [0.05, 0.1) is 0 Å². The van der Waals surface area contributed by atoms with E-state index in [4.69, 9.17) is 0 Å². The lowest BCUT2D eigenvalue weighted by Gasteiger charge is -2.09. The predicted molar refractivity (Wildman–Crippen MR) is 73.0 cm³/mol. The molecular weight excluding hydrogens is 212 g/mol. The monoisotopic (exact) mass is 230 g/mol. The molecule has 2 rings (SSSR count). The standard InChI is InChI=1S/C15H18S/c1-11(2)10-13-6-4-5-7-14(13)15-9-8-12(3)16-15/h4-9,11H,10H2,1-3H3. The molecule has 84 valence electrons. The van der Waals surface area contributed by atoms with Crippen LogP contribution in [0.25, 0.3) is 10.4 Å². The van der Waals surface area contributed by atoms with Crippen molar-refractivity contribution in [3.63, 3.8) is 0 Å². The molecule has 0 aliphatic rings. The van der Waals surface area contributed by atoms with Crippen molar-refractivity contribution in [1.82, 2.24) is 0 Å². The van der Waals surface area contributed by atoms with E-state index in [0.29, 0.717) is 5.92 Å². The van der Waals surface area contributed by atoms with E-state index in [1.54, 1.807) is 0 Å². The third-order valence-corrected chi connectivity index (χ3v) is 3.69. The first-order valence-corrected chi connectivity index (χ1v) is 6.63. The van der Waals surface area contributed by atoms with Crippen LogP contribution in [0, 0.1) is 12.8 Å². The van der Waals surface area contributed by atoms with Gasteiger partial charge in [-0.2, -0.15) is 0 Å². The summed E-state index contributed by atoms with van der Waals surface area (Å²) in [6, 6.07) is 13.2. The highest BCUT2D eigenvalue weighted by Gasteiger charge is 2.07. The van der Waals surface area contributed by atoms with Gasteiger partial charge in [0.1, 0.15) is 0 Å². The van der Waals surface area contributed by atoms with Gasteiger partial charge in [0.15, 0.2) is 0 Å². The van der Waals surface area contributed by atoms with Gasteiger partial charge in [-0.25, -0.2) is 0 Å². The Balaban J connectivity index is 2.40. The number of thiophene rings is 1. The van der Waals surface area contributed by atoms with Crippen LogP contribution in [0.2, 0.25) is 0 Å². The molecule has 0 aliphatic heterocycles. The molecule has 2 aromatic rings. The Labute approximate surface area is 102 Å². The van der Waals surface area contributed by atoms with Crippen LogP contribution in [0.3, 0.4) is 0 Å². The third-order valence-electron chi connectivity index (χ3n) is 2.65. The van der Waals surface area contributed by atoms with E-state index < -0.39 is 0 Å². The Kier molecular flexibility index (Phi) is 3.45. The van der Waals surface area contributed by atoms with E-state index in [1.165, 1.54) is 20.9 Å². The second-order valence-corrected chi connectivity index (χ2v) is 5.95. The highest BCUT2D eigenvalue weighted by atomic mass is 32.1. The molecule has 16 heavy (non-hydrogen) atoms. The minimum atomic E-state index is 0.710. The van der Waals surface area contributed by atoms with Crippen LogP contribution < -0.4 is 0 Å². The fourth-order valence-electron chi connectivity index (χ4n) is 1.96. The maximum absolute atomic E-state index is 2.27. The van der Waals surface area contributed by atoms with Crippen molar-refractivity contribution >= 4 is 11.3 Å². The topological polar surface area (TPSA) is 0 Å². The molecular formula is C15H18S. The Morgan fingerprint density at radius 2 is 1.81 bits per heavy atom. The first-order valence-electron chi connectivity index (χ1n) is 5.81. The van der Waals surface area contributed by atoms with Gasteiger partial charge < -0.3 is 0 Å². The van der Waals surface area contributed by atoms with E-state index >= 15 is 0 Å². The van der Waals surface area contributed by atoms with Gasteiger partial charge in [-0.15, -0.1) is 11.3 Å². The zero-order valence-corrected chi connectivity index (χ0v) is 11.0. The molecule has 0 amide bonds. The van der Waals surface area contributed by atoms with Crippen molar-refractivity contribution in [1.29, 1.82) is 0 Å². The molecule has 0 fully saturated rings. The molecule has 0 bridgehead atoms. The largest absolute Gasteiger partial charge is 0.141 e. The lowest BCUT2D eigenvalue weighted by molar-refractivity contribution is 0.648. The number of aryl methyl sites for hydroxylation is 1. The Hall–Kier alpha value is -1.08. The number of hydrogen-bond acceptors (Lipinski definition) is 1. The molecule has 0 aliphatic carbocycles. The Morgan fingerprint density at radius 1 is 1.06 bits per heavy atom. The van der Waals surface area contributed by atoms with E-state index in [2.05, 4.69) is 57.2 Å². The van der Waals surface area contributed by atoms with Gasteiger partial charge in [-0.1, -0.05) is 38.1 Å². The second-order valence-electron chi connectivity index (χ2n) is 4.67. The van der Waals surface area contributed by atoms with Gasteiger partial charge in [0.25, 0.3) is 0 Å². The SMILES string of the molecule is Cc1ccc(-c2ccccc2CC(C)C)s1. The zero-order valence-electron chi connectivity index (χ0n) is 10.2. The van der Waals surface area contributed by atoms with E-state index in [1.807, 2.05) is 11.3 Å². The molecule has 0 atom stereocenters. The molecule has 0 spiro atoms. The van der Waals surface area contributed by atoms with Crippen LogP contribution in [0.4, 0.5) is 0 Å². The quantitative estimate of drug-likeness (QED) is 0.702. The number of rotatable bonds is 3. The minimum Gasteiger partial charge on any atom is -0.141 e. The summed E-state index contributed by atoms with van der Waals surface area (Å²) < 4.78 is 0.